The number of benzene rings is 1. The highest BCUT2D eigenvalue weighted by Crippen LogP contribution is 2.40. The number of amides is 1. The summed E-state index contributed by atoms with van der Waals surface area (Å²) < 4.78 is 0. The summed E-state index contributed by atoms with van der Waals surface area (Å²) in [5, 5.41) is 11.2. The third kappa shape index (κ3) is 2.57. The summed E-state index contributed by atoms with van der Waals surface area (Å²) in [6.45, 7) is 0. The Labute approximate surface area is 111 Å². The summed E-state index contributed by atoms with van der Waals surface area (Å²) in [6.07, 6.45) is -0.135. The summed E-state index contributed by atoms with van der Waals surface area (Å²) in [6, 6.07) is 15.9. The average Bonchev–Trinajstić information content (AvgIpc) is 3.18. The molecule has 3 rings (SSSR count). The second-order valence-electron chi connectivity index (χ2n) is 4.71. The number of carboxylic acid groups (broad SMARTS) is 1. The molecule has 19 heavy (non-hydrogen) atoms. The molecule has 4 heteroatoms. The number of pyridine rings is 1. The van der Waals surface area contributed by atoms with Gasteiger partial charge in [0, 0.05) is 23.2 Å². The molecule has 4 nitrogen and oxygen atoms in total. The van der Waals surface area contributed by atoms with Crippen LogP contribution in [0, 0.1) is 0 Å². The van der Waals surface area contributed by atoms with E-state index in [1.807, 2.05) is 48.5 Å². The largest absolute Gasteiger partial charge is 0.465 e. The predicted molar refractivity (Wildman–Crippen MR) is 72.0 cm³/mol. The van der Waals surface area contributed by atoms with Crippen LogP contribution in [0.5, 0.6) is 0 Å². The normalized spacial score (nSPS) is 20.8. The molecule has 1 fully saturated rings. The summed E-state index contributed by atoms with van der Waals surface area (Å²) in [7, 11) is 0. The molecule has 96 valence electrons. The molecule has 0 aliphatic heterocycles. The van der Waals surface area contributed by atoms with Crippen LogP contribution in [0.15, 0.2) is 48.5 Å². The lowest BCUT2D eigenvalue weighted by atomic mass is 10.1. The SMILES string of the molecule is O=C(O)N[C@@H]1C[C@H]1c1cccc(-c2ccccc2)n1. The first kappa shape index (κ1) is 11.7. The molecule has 1 aromatic carbocycles. The topological polar surface area (TPSA) is 62.2 Å². The fraction of sp³-hybridized carbons (Fsp3) is 0.200. The van der Waals surface area contributed by atoms with Gasteiger partial charge in [-0.1, -0.05) is 36.4 Å². The summed E-state index contributed by atoms with van der Waals surface area (Å²) >= 11 is 0. The molecule has 1 heterocycles. The van der Waals surface area contributed by atoms with Crippen molar-refractivity contribution in [3.05, 3.63) is 54.2 Å². The van der Waals surface area contributed by atoms with Crippen LogP contribution in [-0.4, -0.2) is 22.2 Å². The third-order valence-corrected chi connectivity index (χ3v) is 3.32. The lowest BCUT2D eigenvalue weighted by Crippen LogP contribution is -2.24. The monoisotopic (exact) mass is 254 g/mol. The van der Waals surface area contributed by atoms with Crippen LogP contribution in [0.2, 0.25) is 0 Å². The van der Waals surface area contributed by atoms with E-state index in [1.165, 1.54) is 0 Å². The smallest absolute Gasteiger partial charge is 0.404 e. The van der Waals surface area contributed by atoms with Gasteiger partial charge in [0.1, 0.15) is 0 Å². The van der Waals surface area contributed by atoms with Gasteiger partial charge in [-0.2, -0.15) is 0 Å². The van der Waals surface area contributed by atoms with E-state index in [2.05, 4.69) is 10.3 Å². The van der Waals surface area contributed by atoms with Crippen LogP contribution < -0.4 is 5.32 Å². The van der Waals surface area contributed by atoms with Crippen molar-refractivity contribution in [2.75, 3.05) is 0 Å². The Morgan fingerprint density at radius 2 is 1.95 bits per heavy atom. The maximum absolute atomic E-state index is 10.6. The molecule has 1 amide bonds. The zero-order valence-electron chi connectivity index (χ0n) is 10.3. The Morgan fingerprint density at radius 3 is 2.68 bits per heavy atom. The van der Waals surface area contributed by atoms with Gasteiger partial charge < -0.3 is 10.4 Å². The van der Waals surface area contributed by atoms with Crippen LogP contribution in [0.25, 0.3) is 11.3 Å². The third-order valence-electron chi connectivity index (χ3n) is 3.32. The number of carbonyl (C=O) groups is 1. The Kier molecular flexibility index (Phi) is 2.91. The average molecular weight is 254 g/mol. The molecule has 2 N–H and O–H groups in total. The summed E-state index contributed by atoms with van der Waals surface area (Å²) in [5.41, 5.74) is 2.96. The van der Waals surface area contributed by atoms with E-state index in [1.54, 1.807) is 0 Å². The van der Waals surface area contributed by atoms with Crippen molar-refractivity contribution in [2.45, 2.75) is 18.4 Å². The van der Waals surface area contributed by atoms with Crippen molar-refractivity contribution in [3.63, 3.8) is 0 Å². The maximum atomic E-state index is 10.6. The van der Waals surface area contributed by atoms with Crippen LogP contribution >= 0.6 is 0 Å². The Morgan fingerprint density at radius 1 is 1.16 bits per heavy atom. The first-order valence-electron chi connectivity index (χ1n) is 6.26. The lowest BCUT2D eigenvalue weighted by molar-refractivity contribution is 0.193. The van der Waals surface area contributed by atoms with Crippen LogP contribution in [0.3, 0.4) is 0 Å². The van der Waals surface area contributed by atoms with Crippen LogP contribution in [0.1, 0.15) is 18.0 Å². The predicted octanol–water partition coefficient (Wildman–Crippen LogP) is 2.87. The van der Waals surface area contributed by atoms with Gasteiger partial charge >= 0.3 is 6.09 Å². The van der Waals surface area contributed by atoms with Crippen LogP contribution in [-0.2, 0) is 0 Å². The van der Waals surface area contributed by atoms with Crippen molar-refractivity contribution in [3.8, 4) is 11.3 Å². The van der Waals surface area contributed by atoms with Gasteiger partial charge in [0.25, 0.3) is 0 Å². The van der Waals surface area contributed by atoms with Crippen molar-refractivity contribution < 1.29 is 9.90 Å². The molecular weight excluding hydrogens is 240 g/mol. The molecule has 1 aromatic heterocycles. The quantitative estimate of drug-likeness (QED) is 0.885. The van der Waals surface area contributed by atoms with E-state index < -0.39 is 6.09 Å². The van der Waals surface area contributed by atoms with Gasteiger partial charge in [0.15, 0.2) is 0 Å². The molecule has 2 atom stereocenters. The zero-order chi connectivity index (χ0) is 13.2. The van der Waals surface area contributed by atoms with Crippen molar-refractivity contribution in [1.29, 1.82) is 0 Å². The molecular formula is C15H14N2O2. The zero-order valence-corrected chi connectivity index (χ0v) is 10.3. The first-order valence-corrected chi connectivity index (χ1v) is 6.26. The van der Waals surface area contributed by atoms with Gasteiger partial charge in [0.2, 0.25) is 0 Å². The van der Waals surface area contributed by atoms with E-state index in [9.17, 15) is 4.79 Å². The second-order valence-corrected chi connectivity index (χ2v) is 4.71. The highest BCUT2D eigenvalue weighted by Gasteiger charge is 2.40. The molecule has 1 saturated carbocycles. The van der Waals surface area contributed by atoms with E-state index in [0.29, 0.717) is 0 Å². The number of nitrogens with zero attached hydrogens (tertiary/aromatic N) is 1. The molecule has 0 bridgehead atoms. The molecule has 1 aliphatic rings. The van der Waals surface area contributed by atoms with Gasteiger partial charge in [-0.15, -0.1) is 0 Å². The summed E-state index contributed by atoms with van der Waals surface area (Å²) in [5.74, 6) is 0.208. The van der Waals surface area contributed by atoms with Gasteiger partial charge in [-0.25, -0.2) is 4.79 Å². The number of nitrogens with one attached hydrogen (secondary N) is 1. The van der Waals surface area contributed by atoms with Crippen molar-refractivity contribution >= 4 is 6.09 Å². The van der Waals surface area contributed by atoms with Gasteiger partial charge in [0.05, 0.1) is 5.69 Å². The molecule has 0 unspecified atom stereocenters. The number of hydrogen-bond donors (Lipinski definition) is 2. The van der Waals surface area contributed by atoms with E-state index in [-0.39, 0.29) is 12.0 Å². The number of rotatable bonds is 3. The minimum Gasteiger partial charge on any atom is -0.465 e. The second kappa shape index (κ2) is 4.72. The maximum Gasteiger partial charge on any atom is 0.404 e. The fourth-order valence-electron chi connectivity index (χ4n) is 2.27. The Bertz CT molecular complexity index is 598. The number of hydrogen-bond acceptors (Lipinski definition) is 2. The van der Waals surface area contributed by atoms with E-state index >= 15 is 0 Å². The molecule has 1 aliphatic carbocycles. The van der Waals surface area contributed by atoms with E-state index in [4.69, 9.17) is 5.11 Å². The number of aromatic nitrogens is 1. The Balaban J connectivity index is 1.80. The minimum absolute atomic E-state index is 0.0102. The lowest BCUT2D eigenvalue weighted by Gasteiger charge is -2.04. The van der Waals surface area contributed by atoms with Crippen LogP contribution in [0.4, 0.5) is 4.79 Å². The fourth-order valence-corrected chi connectivity index (χ4v) is 2.27. The standard InChI is InChI=1S/C15H14N2O2/c18-15(19)17-14-9-11(14)13-8-4-7-12(16-13)10-5-2-1-3-6-10/h1-8,11,14,17H,9H2,(H,18,19)/t11-,14+/m0/s1. The Hall–Kier alpha value is -2.36. The molecule has 2 aromatic rings. The van der Waals surface area contributed by atoms with Gasteiger partial charge in [-0.3, -0.25) is 4.98 Å². The molecule has 0 saturated heterocycles. The summed E-state index contributed by atoms with van der Waals surface area (Å²) in [4.78, 5) is 15.2. The van der Waals surface area contributed by atoms with Crippen molar-refractivity contribution in [2.24, 2.45) is 0 Å². The minimum atomic E-state index is -0.966. The highest BCUT2D eigenvalue weighted by molar-refractivity contribution is 5.66. The molecule has 0 spiro atoms. The first-order chi connectivity index (χ1) is 9.24. The highest BCUT2D eigenvalue weighted by atomic mass is 16.4. The van der Waals surface area contributed by atoms with Crippen molar-refractivity contribution in [1.82, 2.24) is 10.3 Å². The van der Waals surface area contributed by atoms with Gasteiger partial charge in [-0.05, 0) is 18.6 Å². The molecule has 0 radical (unpaired) electrons. The van der Waals surface area contributed by atoms with E-state index in [0.717, 1.165) is 23.4 Å².